The summed E-state index contributed by atoms with van der Waals surface area (Å²) in [5.74, 6) is -0.300. The summed E-state index contributed by atoms with van der Waals surface area (Å²) in [6.45, 7) is 0.295. The molecule has 3 nitrogen and oxygen atoms in total. The molecule has 0 radical (unpaired) electrons. The lowest BCUT2D eigenvalue weighted by Crippen LogP contribution is -2.38. The highest BCUT2D eigenvalue weighted by molar-refractivity contribution is 9.10. The zero-order valence-corrected chi connectivity index (χ0v) is 10.0. The van der Waals surface area contributed by atoms with Crippen LogP contribution >= 0.6 is 15.9 Å². The summed E-state index contributed by atoms with van der Waals surface area (Å²) in [5.41, 5.74) is 6.04. The second-order valence-corrected chi connectivity index (χ2v) is 4.33. The van der Waals surface area contributed by atoms with Crippen LogP contribution in [0.4, 0.5) is 10.1 Å². The van der Waals surface area contributed by atoms with Gasteiger partial charge in [0.05, 0.1) is 12.3 Å². The van der Waals surface area contributed by atoms with Gasteiger partial charge in [0.2, 0.25) is 0 Å². The molecule has 0 heterocycles. The number of nitrogens with zero attached hydrogens (tertiary/aromatic N) is 1. The molecular formula is C10H14BrFN2O. The lowest BCUT2D eigenvalue weighted by molar-refractivity contribution is 0.267. The van der Waals surface area contributed by atoms with Crippen LogP contribution < -0.4 is 10.6 Å². The maximum absolute atomic E-state index is 13.4. The van der Waals surface area contributed by atoms with Crippen molar-refractivity contribution < 1.29 is 9.50 Å². The monoisotopic (exact) mass is 276 g/mol. The van der Waals surface area contributed by atoms with Gasteiger partial charge in [0, 0.05) is 24.1 Å². The number of aliphatic hydroxyl groups is 1. The van der Waals surface area contributed by atoms with E-state index in [1.165, 1.54) is 6.07 Å². The third kappa shape index (κ3) is 3.44. The zero-order valence-electron chi connectivity index (χ0n) is 8.45. The van der Waals surface area contributed by atoms with Gasteiger partial charge >= 0.3 is 0 Å². The number of anilines is 1. The fraction of sp³-hybridized carbons (Fsp3) is 0.400. The van der Waals surface area contributed by atoms with E-state index < -0.39 is 0 Å². The van der Waals surface area contributed by atoms with Gasteiger partial charge in [-0.05, 0) is 18.2 Å². The minimum Gasteiger partial charge on any atom is -0.395 e. The highest BCUT2D eigenvalue weighted by Crippen LogP contribution is 2.22. The van der Waals surface area contributed by atoms with Crippen LogP contribution in [-0.4, -0.2) is 31.3 Å². The highest BCUT2D eigenvalue weighted by atomic mass is 79.9. The van der Waals surface area contributed by atoms with Crippen LogP contribution in [0.5, 0.6) is 0 Å². The van der Waals surface area contributed by atoms with Gasteiger partial charge in [0.1, 0.15) is 5.82 Å². The number of rotatable bonds is 4. The van der Waals surface area contributed by atoms with E-state index in [2.05, 4.69) is 15.9 Å². The van der Waals surface area contributed by atoms with E-state index in [4.69, 9.17) is 10.8 Å². The van der Waals surface area contributed by atoms with Crippen molar-refractivity contribution in [3.63, 3.8) is 0 Å². The molecule has 1 rings (SSSR count). The van der Waals surface area contributed by atoms with Gasteiger partial charge in [-0.3, -0.25) is 0 Å². The summed E-state index contributed by atoms with van der Waals surface area (Å²) in [6.07, 6.45) is 0. The van der Waals surface area contributed by atoms with Crippen LogP contribution in [0.2, 0.25) is 0 Å². The fourth-order valence-corrected chi connectivity index (χ4v) is 1.64. The Balaban J connectivity index is 2.80. The lowest BCUT2D eigenvalue weighted by Gasteiger charge is -2.22. The molecule has 1 aromatic rings. The van der Waals surface area contributed by atoms with Crippen molar-refractivity contribution in [3.05, 3.63) is 28.5 Å². The largest absolute Gasteiger partial charge is 0.395 e. The van der Waals surface area contributed by atoms with Gasteiger partial charge in [-0.25, -0.2) is 4.39 Å². The van der Waals surface area contributed by atoms with Gasteiger partial charge < -0.3 is 15.7 Å². The molecule has 0 spiro atoms. The maximum atomic E-state index is 13.4. The smallest absolute Gasteiger partial charge is 0.146 e. The van der Waals surface area contributed by atoms with Crippen LogP contribution in [0.15, 0.2) is 22.7 Å². The Labute approximate surface area is 96.8 Å². The zero-order chi connectivity index (χ0) is 11.4. The van der Waals surface area contributed by atoms with Crippen molar-refractivity contribution in [2.75, 3.05) is 25.1 Å². The lowest BCUT2D eigenvalue weighted by atomic mass is 10.2. The SMILES string of the molecule is CN(CC(N)CO)c1cc(Br)ccc1F. The summed E-state index contributed by atoms with van der Waals surface area (Å²) >= 11 is 3.27. The third-order valence-corrected chi connectivity index (χ3v) is 2.56. The van der Waals surface area contributed by atoms with E-state index in [0.717, 1.165) is 4.47 Å². The van der Waals surface area contributed by atoms with E-state index in [0.29, 0.717) is 12.2 Å². The molecule has 0 amide bonds. The minimum atomic E-state index is -0.367. The third-order valence-electron chi connectivity index (χ3n) is 2.06. The molecule has 0 aliphatic heterocycles. The van der Waals surface area contributed by atoms with Crippen molar-refractivity contribution in [2.24, 2.45) is 5.73 Å². The Morgan fingerprint density at radius 3 is 2.87 bits per heavy atom. The van der Waals surface area contributed by atoms with E-state index in [-0.39, 0.29) is 18.5 Å². The van der Waals surface area contributed by atoms with Gasteiger partial charge in [-0.1, -0.05) is 15.9 Å². The number of aliphatic hydroxyl groups excluding tert-OH is 1. The fourth-order valence-electron chi connectivity index (χ4n) is 1.29. The topological polar surface area (TPSA) is 49.5 Å². The first kappa shape index (κ1) is 12.4. The number of nitrogens with two attached hydrogens (primary N) is 1. The summed E-state index contributed by atoms with van der Waals surface area (Å²) in [5, 5.41) is 8.80. The first-order valence-corrected chi connectivity index (χ1v) is 5.36. The highest BCUT2D eigenvalue weighted by Gasteiger charge is 2.11. The summed E-state index contributed by atoms with van der Waals surface area (Å²) in [4.78, 5) is 1.68. The molecule has 0 bridgehead atoms. The van der Waals surface area contributed by atoms with Gasteiger partial charge in [-0.15, -0.1) is 0 Å². The molecule has 0 aromatic heterocycles. The van der Waals surface area contributed by atoms with Crippen molar-refractivity contribution in [3.8, 4) is 0 Å². The van der Waals surface area contributed by atoms with Crippen LogP contribution in [0.25, 0.3) is 0 Å². The molecule has 0 saturated carbocycles. The summed E-state index contributed by atoms with van der Waals surface area (Å²) in [7, 11) is 1.74. The predicted octanol–water partition coefficient (Wildman–Crippen LogP) is 1.34. The van der Waals surface area contributed by atoms with Gasteiger partial charge in [0.15, 0.2) is 0 Å². The molecule has 84 valence electrons. The van der Waals surface area contributed by atoms with Gasteiger partial charge in [0.25, 0.3) is 0 Å². The van der Waals surface area contributed by atoms with E-state index in [9.17, 15) is 4.39 Å². The minimum absolute atomic E-state index is 0.111. The van der Waals surface area contributed by atoms with Crippen LogP contribution in [0.1, 0.15) is 0 Å². The van der Waals surface area contributed by atoms with Crippen molar-refractivity contribution in [2.45, 2.75) is 6.04 Å². The van der Waals surface area contributed by atoms with Crippen molar-refractivity contribution >= 4 is 21.6 Å². The summed E-state index contributed by atoms with van der Waals surface area (Å²) < 4.78 is 14.2. The number of benzene rings is 1. The second-order valence-electron chi connectivity index (χ2n) is 3.42. The molecule has 5 heteroatoms. The van der Waals surface area contributed by atoms with Crippen LogP contribution in [-0.2, 0) is 0 Å². The quantitative estimate of drug-likeness (QED) is 0.873. The first-order valence-electron chi connectivity index (χ1n) is 4.57. The molecular weight excluding hydrogens is 263 g/mol. The molecule has 1 aromatic carbocycles. The normalized spacial score (nSPS) is 12.6. The first-order chi connectivity index (χ1) is 7.04. The standard InChI is InChI=1S/C10H14BrFN2O/c1-14(5-8(13)6-15)10-4-7(11)2-3-9(10)12/h2-4,8,15H,5-6,13H2,1H3. The van der Waals surface area contributed by atoms with E-state index in [1.807, 2.05) is 0 Å². The van der Waals surface area contributed by atoms with E-state index >= 15 is 0 Å². The Morgan fingerprint density at radius 1 is 1.60 bits per heavy atom. The number of likely N-dealkylation sites (N-methyl/N-ethyl adjacent to an activating group) is 1. The van der Waals surface area contributed by atoms with Crippen molar-refractivity contribution in [1.29, 1.82) is 0 Å². The van der Waals surface area contributed by atoms with E-state index in [1.54, 1.807) is 24.1 Å². The average Bonchev–Trinajstić information content (AvgIpc) is 2.21. The Kier molecular flexibility index (Phi) is 4.50. The molecule has 15 heavy (non-hydrogen) atoms. The second kappa shape index (κ2) is 5.44. The van der Waals surface area contributed by atoms with Crippen LogP contribution in [0, 0.1) is 5.82 Å². The molecule has 0 saturated heterocycles. The molecule has 0 aliphatic carbocycles. The molecule has 3 N–H and O–H groups in total. The maximum Gasteiger partial charge on any atom is 0.146 e. The Hall–Kier alpha value is -0.650. The molecule has 1 unspecified atom stereocenters. The number of halogens is 2. The number of hydrogen-bond donors (Lipinski definition) is 2. The number of hydrogen-bond acceptors (Lipinski definition) is 3. The van der Waals surface area contributed by atoms with Crippen LogP contribution in [0.3, 0.4) is 0 Å². The Morgan fingerprint density at radius 2 is 2.27 bits per heavy atom. The predicted molar refractivity (Wildman–Crippen MR) is 62.4 cm³/mol. The van der Waals surface area contributed by atoms with Crippen molar-refractivity contribution in [1.82, 2.24) is 0 Å². The molecule has 0 aliphatic rings. The average molecular weight is 277 g/mol. The Bertz CT molecular complexity index is 335. The van der Waals surface area contributed by atoms with Gasteiger partial charge in [-0.2, -0.15) is 0 Å². The summed E-state index contributed by atoms with van der Waals surface area (Å²) in [6, 6.07) is 4.34. The molecule has 1 atom stereocenters. The molecule has 0 fully saturated rings.